The van der Waals surface area contributed by atoms with Gasteiger partial charge in [0.2, 0.25) is 0 Å². The predicted molar refractivity (Wildman–Crippen MR) is 146 cm³/mol. The molecule has 0 saturated carbocycles. The average Bonchev–Trinajstić information content (AvgIpc) is 3.62. The number of nitrogens with zero attached hydrogens (tertiary/aromatic N) is 5. The van der Waals surface area contributed by atoms with Gasteiger partial charge >= 0.3 is 5.97 Å². The smallest absolute Gasteiger partial charge is 0.359 e. The highest BCUT2D eigenvalue weighted by Crippen LogP contribution is 2.30. The van der Waals surface area contributed by atoms with Crippen LogP contribution in [0.3, 0.4) is 0 Å². The molecule has 0 aliphatic carbocycles. The van der Waals surface area contributed by atoms with Crippen LogP contribution >= 0.6 is 0 Å². The molecule has 1 aliphatic heterocycles. The van der Waals surface area contributed by atoms with Crippen molar-refractivity contribution in [1.29, 1.82) is 0 Å². The van der Waals surface area contributed by atoms with E-state index in [2.05, 4.69) is 20.0 Å². The quantitative estimate of drug-likeness (QED) is 0.234. The predicted octanol–water partition coefficient (Wildman–Crippen LogP) is 3.64. The Morgan fingerprint density at radius 1 is 1.13 bits per heavy atom. The van der Waals surface area contributed by atoms with Crippen molar-refractivity contribution in [1.82, 2.24) is 24.6 Å². The van der Waals surface area contributed by atoms with E-state index in [1.165, 1.54) is 0 Å². The molecule has 0 spiro atoms. The number of hydrogen-bond acceptors (Lipinski definition) is 7. The molecule has 10 heteroatoms. The number of hydrogen-bond donors (Lipinski definition) is 1. The SMILES string of the molecule is CCOC(=O)c1nn(-c2ccc(OC)cc2)c2c1CCN(c1cccc(CNCCCn3ccnc3)c1)C2=O. The summed E-state index contributed by atoms with van der Waals surface area (Å²) in [5.41, 5.74) is 3.72. The summed E-state index contributed by atoms with van der Waals surface area (Å²) >= 11 is 0. The summed E-state index contributed by atoms with van der Waals surface area (Å²) in [6.45, 7) is 4.89. The van der Waals surface area contributed by atoms with Crippen molar-refractivity contribution in [2.24, 2.45) is 0 Å². The lowest BCUT2D eigenvalue weighted by atomic mass is 10.0. The summed E-state index contributed by atoms with van der Waals surface area (Å²) in [7, 11) is 1.59. The Labute approximate surface area is 227 Å². The first-order valence-electron chi connectivity index (χ1n) is 13.1. The average molecular weight is 529 g/mol. The van der Waals surface area contributed by atoms with Crippen LogP contribution in [0, 0.1) is 0 Å². The largest absolute Gasteiger partial charge is 0.497 e. The molecule has 1 amide bonds. The van der Waals surface area contributed by atoms with Crippen LogP contribution in [0.2, 0.25) is 0 Å². The molecule has 1 N–H and O–H groups in total. The van der Waals surface area contributed by atoms with E-state index in [0.717, 1.165) is 30.8 Å². The van der Waals surface area contributed by atoms with E-state index in [1.807, 2.05) is 48.9 Å². The number of esters is 1. The Hall–Kier alpha value is -4.44. The lowest BCUT2D eigenvalue weighted by molar-refractivity contribution is 0.0517. The molecule has 0 fully saturated rings. The van der Waals surface area contributed by atoms with Crippen molar-refractivity contribution in [2.45, 2.75) is 32.9 Å². The molecule has 3 heterocycles. The number of nitrogens with one attached hydrogen (secondary N) is 1. The highest BCUT2D eigenvalue weighted by molar-refractivity contribution is 6.09. The summed E-state index contributed by atoms with van der Waals surface area (Å²) in [4.78, 5) is 32.5. The number of benzene rings is 2. The van der Waals surface area contributed by atoms with E-state index in [1.54, 1.807) is 41.9 Å². The van der Waals surface area contributed by atoms with Crippen LogP contribution in [0.25, 0.3) is 5.69 Å². The van der Waals surface area contributed by atoms with Crippen LogP contribution in [0.5, 0.6) is 5.75 Å². The first-order valence-corrected chi connectivity index (χ1v) is 13.1. The summed E-state index contributed by atoms with van der Waals surface area (Å²) < 4.78 is 14.1. The molecule has 4 aromatic rings. The van der Waals surface area contributed by atoms with Crippen molar-refractivity contribution >= 4 is 17.6 Å². The third kappa shape index (κ3) is 5.70. The van der Waals surface area contributed by atoms with E-state index in [4.69, 9.17) is 9.47 Å². The molecule has 0 unspecified atom stereocenters. The van der Waals surface area contributed by atoms with Crippen LogP contribution < -0.4 is 15.0 Å². The maximum Gasteiger partial charge on any atom is 0.359 e. The van der Waals surface area contributed by atoms with Gasteiger partial charge < -0.3 is 24.3 Å². The minimum absolute atomic E-state index is 0.185. The van der Waals surface area contributed by atoms with Gasteiger partial charge in [-0.1, -0.05) is 12.1 Å². The molecule has 10 nitrogen and oxygen atoms in total. The number of fused-ring (bicyclic) bond motifs is 1. The van der Waals surface area contributed by atoms with Crippen LogP contribution in [-0.2, 0) is 24.2 Å². The number of carbonyl (C=O) groups is 2. The molecule has 0 radical (unpaired) electrons. The van der Waals surface area contributed by atoms with Gasteiger partial charge in [0.05, 0.1) is 25.7 Å². The van der Waals surface area contributed by atoms with Crippen molar-refractivity contribution < 1.29 is 19.1 Å². The Kier molecular flexibility index (Phi) is 8.02. The third-order valence-corrected chi connectivity index (χ3v) is 6.68. The Bertz CT molecular complexity index is 1430. The van der Waals surface area contributed by atoms with Crippen molar-refractivity contribution in [3.8, 4) is 11.4 Å². The van der Waals surface area contributed by atoms with Gasteiger partial charge in [0.25, 0.3) is 5.91 Å². The van der Waals surface area contributed by atoms with Crippen molar-refractivity contribution in [3.63, 3.8) is 0 Å². The second-order valence-corrected chi connectivity index (χ2v) is 9.21. The fourth-order valence-corrected chi connectivity index (χ4v) is 4.75. The molecule has 39 heavy (non-hydrogen) atoms. The third-order valence-electron chi connectivity index (χ3n) is 6.68. The maximum absolute atomic E-state index is 13.9. The lowest BCUT2D eigenvalue weighted by Gasteiger charge is -2.28. The second kappa shape index (κ2) is 12.0. The van der Waals surface area contributed by atoms with E-state index >= 15 is 0 Å². The maximum atomic E-state index is 13.9. The summed E-state index contributed by atoms with van der Waals surface area (Å²) in [6, 6.07) is 15.2. The number of aryl methyl sites for hydroxylation is 1. The second-order valence-electron chi connectivity index (χ2n) is 9.21. The molecule has 2 aromatic heterocycles. The minimum atomic E-state index is -0.525. The van der Waals surface area contributed by atoms with Gasteiger partial charge in [-0.05, 0) is 68.3 Å². The normalized spacial score (nSPS) is 12.9. The number of aromatic nitrogens is 4. The van der Waals surface area contributed by atoms with Crippen LogP contribution in [0.15, 0.2) is 67.3 Å². The first kappa shape index (κ1) is 26.2. The van der Waals surface area contributed by atoms with E-state index in [-0.39, 0.29) is 18.2 Å². The summed E-state index contributed by atoms with van der Waals surface area (Å²) in [5, 5.41) is 8.02. The molecule has 0 saturated heterocycles. The standard InChI is InChI=1S/C29H32N6O4/c1-3-39-29(37)26-25-12-16-34(28(36)27(25)35(32-26)22-8-10-24(38-2)11-9-22)23-7-4-6-21(18-23)19-30-13-5-15-33-17-14-31-20-33/h4,6-11,14,17-18,20,30H,3,5,12-13,15-16,19H2,1-2H3. The summed E-state index contributed by atoms with van der Waals surface area (Å²) in [5.74, 6) is -0.0468. The lowest BCUT2D eigenvalue weighted by Crippen LogP contribution is -2.39. The van der Waals surface area contributed by atoms with Crippen molar-refractivity contribution in [3.05, 3.63) is 89.8 Å². The number of methoxy groups -OCH3 is 1. The molecule has 1 aliphatic rings. The Morgan fingerprint density at radius 3 is 2.72 bits per heavy atom. The van der Waals surface area contributed by atoms with Crippen LogP contribution in [0.4, 0.5) is 5.69 Å². The number of imidazole rings is 1. The zero-order valence-corrected chi connectivity index (χ0v) is 22.2. The summed E-state index contributed by atoms with van der Waals surface area (Å²) in [6.07, 6.45) is 7.04. The Balaban J connectivity index is 1.36. The molecule has 2 aromatic carbocycles. The minimum Gasteiger partial charge on any atom is -0.497 e. The highest BCUT2D eigenvalue weighted by Gasteiger charge is 2.35. The molecular formula is C29H32N6O4. The molecule has 202 valence electrons. The number of amides is 1. The van der Waals surface area contributed by atoms with E-state index in [0.29, 0.717) is 42.2 Å². The van der Waals surface area contributed by atoms with Crippen LogP contribution in [-0.4, -0.2) is 58.0 Å². The van der Waals surface area contributed by atoms with E-state index in [9.17, 15) is 9.59 Å². The topological polar surface area (TPSA) is 104 Å². The highest BCUT2D eigenvalue weighted by atomic mass is 16.5. The fraction of sp³-hybridized carbons (Fsp3) is 0.310. The van der Waals surface area contributed by atoms with Gasteiger partial charge in [-0.3, -0.25) is 4.79 Å². The Morgan fingerprint density at radius 2 is 1.97 bits per heavy atom. The van der Waals surface area contributed by atoms with Gasteiger partial charge in [-0.25, -0.2) is 14.5 Å². The first-order chi connectivity index (χ1) is 19.1. The number of carbonyl (C=O) groups excluding carboxylic acids is 2. The van der Waals surface area contributed by atoms with Gasteiger partial charge in [-0.2, -0.15) is 5.10 Å². The fourth-order valence-electron chi connectivity index (χ4n) is 4.75. The number of rotatable bonds is 11. The van der Waals surface area contributed by atoms with Gasteiger partial charge in [0.15, 0.2) is 5.69 Å². The molecular weight excluding hydrogens is 496 g/mol. The molecule has 0 atom stereocenters. The van der Waals surface area contributed by atoms with Gasteiger partial charge in [0, 0.05) is 43.3 Å². The monoisotopic (exact) mass is 528 g/mol. The van der Waals surface area contributed by atoms with Gasteiger partial charge in [0.1, 0.15) is 11.4 Å². The zero-order chi connectivity index (χ0) is 27.2. The van der Waals surface area contributed by atoms with Gasteiger partial charge in [-0.15, -0.1) is 0 Å². The van der Waals surface area contributed by atoms with Crippen molar-refractivity contribution in [2.75, 3.05) is 31.7 Å². The molecule has 0 bridgehead atoms. The number of ether oxygens (including phenoxy) is 2. The van der Waals surface area contributed by atoms with Crippen LogP contribution in [0.1, 0.15) is 45.4 Å². The zero-order valence-electron chi connectivity index (χ0n) is 22.2. The molecule has 5 rings (SSSR count). The van der Waals surface area contributed by atoms with E-state index < -0.39 is 5.97 Å². The number of anilines is 1.